The summed E-state index contributed by atoms with van der Waals surface area (Å²) >= 11 is 5.86. The van der Waals surface area contributed by atoms with Crippen molar-refractivity contribution in [3.8, 4) is 5.75 Å². The van der Waals surface area contributed by atoms with Crippen molar-refractivity contribution in [2.24, 2.45) is 11.0 Å². The molecule has 2 aromatic carbocycles. The zero-order chi connectivity index (χ0) is 24.2. The van der Waals surface area contributed by atoms with Gasteiger partial charge < -0.3 is 14.8 Å². The lowest BCUT2D eigenvalue weighted by Crippen LogP contribution is -2.46. The summed E-state index contributed by atoms with van der Waals surface area (Å²) < 4.78 is 10.1. The van der Waals surface area contributed by atoms with E-state index in [1.165, 1.54) is 6.21 Å². The zero-order valence-corrected chi connectivity index (χ0v) is 19.6. The van der Waals surface area contributed by atoms with Gasteiger partial charge in [-0.05, 0) is 73.4 Å². The Morgan fingerprint density at radius 1 is 1.06 bits per heavy atom. The largest absolute Gasteiger partial charge is 0.482 e. The fourth-order valence-electron chi connectivity index (χ4n) is 2.79. The third-order valence-electron chi connectivity index (χ3n) is 4.37. The molecule has 0 aliphatic heterocycles. The van der Waals surface area contributed by atoms with E-state index in [9.17, 15) is 14.4 Å². The highest BCUT2D eigenvalue weighted by Crippen LogP contribution is 2.12. The molecule has 0 fully saturated rings. The zero-order valence-electron chi connectivity index (χ0n) is 18.8. The number of nitrogens with one attached hydrogen (secondary N) is 2. The monoisotopic (exact) mass is 473 g/mol. The van der Waals surface area contributed by atoms with Crippen molar-refractivity contribution >= 4 is 35.6 Å². The molecule has 2 amide bonds. The number of hydrazone groups is 1. The van der Waals surface area contributed by atoms with Crippen molar-refractivity contribution in [1.29, 1.82) is 0 Å². The van der Waals surface area contributed by atoms with Gasteiger partial charge in [0.15, 0.2) is 6.61 Å². The Hall–Kier alpha value is -3.39. The van der Waals surface area contributed by atoms with Gasteiger partial charge in [-0.25, -0.2) is 10.2 Å². The van der Waals surface area contributed by atoms with Crippen LogP contribution < -0.4 is 15.5 Å². The van der Waals surface area contributed by atoms with E-state index < -0.39 is 17.9 Å². The quantitative estimate of drug-likeness (QED) is 0.295. The highest BCUT2D eigenvalue weighted by molar-refractivity contribution is 6.30. The summed E-state index contributed by atoms with van der Waals surface area (Å²) in [6.07, 6.45) is 1.92. The predicted molar refractivity (Wildman–Crippen MR) is 126 cm³/mol. The first-order chi connectivity index (χ1) is 15.8. The van der Waals surface area contributed by atoms with E-state index in [-0.39, 0.29) is 18.4 Å². The highest BCUT2D eigenvalue weighted by atomic mass is 35.5. The Bertz CT molecular complexity index is 959. The lowest BCUT2D eigenvalue weighted by Gasteiger charge is -2.19. The number of hydrogen-bond acceptors (Lipinski definition) is 6. The van der Waals surface area contributed by atoms with Gasteiger partial charge in [-0.1, -0.05) is 25.4 Å². The first-order valence-corrected chi connectivity index (χ1v) is 10.9. The van der Waals surface area contributed by atoms with Crippen LogP contribution in [0.5, 0.6) is 5.75 Å². The van der Waals surface area contributed by atoms with Gasteiger partial charge in [0.1, 0.15) is 11.8 Å². The molecule has 2 aromatic rings. The average molecular weight is 474 g/mol. The van der Waals surface area contributed by atoms with E-state index >= 15 is 0 Å². The van der Waals surface area contributed by atoms with Gasteiger partial charge in [0.25, 0.3) is 11.8 Å². The van der Waals surface area contributed by atoms with E-state index in [2.05, 4.69) is 15.8 Å². The van der Waals surface area contributed by atoms with E-state index in [4.69, 9.17) is 21.1 Å². The molecular formula is C24H28ClN3O5. The standard InChI is InChI=1S/C24H28ClN3O5/c1-4-32-22(29)15-33-20-11-5-17(6-12-20)14-26-28-24(31)21(13-16(2)3)27-23(30)18-7-9-19(25)10-8-18/h5-12,14,16,21H,4,13,15H2,1-3H3,(H,27,30)(H,28,31). The lowest BCUT2D eigenvalue weighted by molar-refractivity contribution is -0.145. The molecular weight excluding hydrogens is 446 g/mol. The Kier molecular flexibility index (Phi) is 10.4. The predicted octanol–water partition coefficient (Wildman–Crippen LogP) is 3.58. The van der Waals surface area contributed by atoms with Crippen molar-refractivity contribution in [2.75, 3.05) is 13.2 Å². The third-order valence-corrected chi connectivity index (χ3v) is 4.62. The van der Waals surface area contributed by atoms with E-state index in [1.807, 2.05) is 13.8 Å². The second-order valence-electron chi connectivity index (χ2n) is 7.56. The molecule has 0 aromatic heterocycles. The lowest BCUT2D eigenvalue weighted by atomic mass is 10.0. The molecule has 0 radical (unpaired) electrons. The molecule has 176 valence electrons. The van der Waals surface area contributed by atoms with Crippen LogP contribution in [-0.4, -0.2) is 43.3 Å². The minimum absolute atomic E-state index is 0.170. The third kappa shape index (κ3) is 9.33. The first-order valence-electron chi connectivity index (χ1n) is 10.6. The van der Waals surface area contributed by atoms with E-state index in [0.717, 1.165) is 0 Å². The molecule has 0 spiro atoms. The molecule has 0 heterocycles. The van der Waals surface area contributed by atoms with Crippen LogP contribution in [0.1, 0.15) is 43.1 Å². The number of carbonyl (C=O) groups is 3. The number of esters is 1. The Balaban J connectivity index is 1.92. The van der Waals surface area contributed by atoms with Gasteiger partial charge in [0.05, 0.1) is 12.8 Å². The molecule has 0 aliphatic carbocycles. The van der Waals surface area contributed by atoms with Crippen LogP contribution in [-0.2, 0) is 14.3 Å². The molecule has 2 rings (SSSR count). The number of ether oxygens (including phenoxy) is 2. The van der Waals surface area contributed by atoms with Crippen molar-refractivity contribution in [1.82, 2.24) is 10.7 Å². The fourth-order valence-corrected chi connectivity index (χ4v) is 2.92. The van der Waals surface area contributed by atoms with Crippen LogP contribution >= 0.6 is 11.6 Å². The van der Waals surface area contributed by atoms with E-state index in [0.29, 0.717) is 34.9 Å². The highest BCUT2D eigenvalue weighted by Gasteiger charge is 2.22. The Morgan fingerprint density at radius 3 is 2.33 bits per heavy atom. The Labute approximate surface area is 198 Å². The van der Waals surface area contributed by atoms with Crippen molar-refractivity contribution in [2.45, 2.75) is 33.2 Å². The maximum absolute atomic E-state index is 12.6. The SMILES string of the molecule is CCOC(=O)COc1ccc(C=NNC(=O)C(CC(C)C)NC(=O)c2ccc(Cl)cc2)cc1. The fraction of sp³-hybridized carbons (Fsp3) is 0.333. The number of carbonyl (C=O) groups excluding carboxylic acids is 3. The number of hydrogen-bond donors (Lipinski definition) is 2. The molecule has 8 nitrogen and oxygen atoms in total. The molecule has 9 heteroatoms. The van der Waals surface area contributed by atoms with Gasteiger partial charge in [-0.15, -0.1) is 0 Å². The summed E-state index contributed by atoms with van der Waals surface area (Å²) in [4.78, 5) is 36.5. The second kappa shape index (κ2) is 13.2. The van der Waals surface area contributed by atoms with Crippen molar-refractivity contribution in [3.63, 3.8) is 0 Å². The molecule has 0 aliphatic rings. The van der Waals surface area contributed by atoms with E-state index in [1.54, 1.807) is 55.5 Å². The first kappa shape index (κ1) is 25.9. The maximum Gasteiger partial charge on any atom is 0.344 e. The smallest absolute Gasteiger partial charge is 0.344 e. The minimum Gasteiger partial charge on any atom is -0.482 e. The van der Waals surface area contributed by atoms with Gasteiger partial charge in [0, 0.05) is 10.6 Å². The van der Waals surface area contributed by atoms with Crippen molar-refractivity contribution in [3.05, 3.63) is 64.7 Å². The summed E-state index contributed by atoms with van der Waals surface area (Å²) in [6.45, 7) is 5.78. The molecule has 1 atom stereocenters. The van der Waals surface area contributed by atoms with Crippen LogP contribution in [0, 0.1) is 5.92 Å². The summed E-state index contributed by atoms with van der Waals surface area (Å²) in [5, 5.41) is 7.26. The van der Waals surface area contributed by atoms with Gasteiger partial charge in [-0.2, -0.15) is 5.10 Å². The topological polar surface area (TPSA) is 106 Å². The molecule has 0 saturated carbocycles. The van der Waals surface area contributed by atoms with Gasteiger partial charge >= 0.3 is 5.97 Å². The summed E-state index contributed by atoms with van der Waals surface area (Å²) in [6, 6.07) is 12.5. The molecule has 0 saturated heterocycles. The molecule has 2 N–H and O–H groups in total. The van der Waals surface area contributed by atoms with Crippen molar-refractivity contribution < 1.29 is 23.9 Å². The molecule has 33 heavy (non-hydrogen) atoms. The number of halogens is 1. The van der Waals surface area contributed by atoms with Gasteiger partial charge in [-0.3, -0.25) is 9.59 Å². The van der Waals surface area contributed by atoms with Crippen LogP contribution in [0.4, 0.5) is 0 Å². The maximum atomic E-state index is 12.6. The Morgan fingerprint density at radius 2 is 1.73 bits per heavy atom. The summed E-state index contributed by atoms with van der Waals surface area (Å²) in [7, 11) is 0. The summed E-state index contributed by atoms with van der Waals surface area (Å²) in [5.74, 6) is -0.542. The number of nitrogens with zero attached hydrogens (tertiary/aromatic N) is 1. The summed E-state index contributed by atoms with van der Waals surface area (Å²) in [5.41, 5.74) is 3.60. The normalized spacial score (nSPS) is 11.8. The van der Waals surface area contributed by atoms with Crippen LogP contribution in [0.25, 0.3) is 0 Å². The average Bonchev–Trinajstić information content (AvgIpc) is 2.78. The van der Waals surface area contributed by atoms with Crippen LogP contribution in [0.3, 0.4) is 0 Å². The minimum atomic E-state index is -0.746. The number of amides is 2. The number of rotatable bonds is 11. The van der Waals surface area contributed by atoms with Crippen LogP contribution in [0.2, 0.25) is 5.02 Å². The van der Waals surface area contributed by atoms with Gasteiger partial charge in [0.2, 0.25) is 0 Å². The second-order valence-corrected chi connectivity index (χ2v) is 8.00. The number of benzene rings is 2. The molecule has 1 unspecified atom stereocenters. The molecule has 0 bridgehead atoms. The van der Waals surface area contributed by atoms with Crippen LogP contribution in [0.15, 0.2) is 53.6 Å².